The first-order chi connectivity index (χ1) is 13.0. The van der Waals surface area contributed by atoms with Crippen LogP contribution in [0.3, 0.4) is 0 Å². The first-order valence-corrected chi connectivity index (χ1v) is 9.45. The Morgan fingerprint density at radius 1 is 0.778 bits per heavy atom. The van der Waals surface area contributed by atoms with Crippen LogP contribution in [0.25, 0.3) is 0 Å². The Hall–Kier alpha value is -1.78. The monoisotopic (exact) mass is 423 g/mol. The number of halogens is 4. The Kier molecular flexibility index (Phi) is 6.97. The van der Waals surface area contributed by atoms with Crippen molar-refractivity contribution >= 4 is 34.8 Å². The number of hydrogen-bond acceptors (Lipinski definition) is 2. The molecule has 1 N–H and O–H groups in total. The summed E-state index contributed by atoms with van der Waals surface area (Å²) < 4.78 is 18.9. The lowest BCUT2D eigenvalue weighted by Gasteiger charge is -2.13. The average Bonchev–Trinajstić information content (AvgIpc) is 2.65. The number of benzene rings is 3. The molecule has 0 spiro atoms. The molecule has 0 fully saturated rings. The highest BCUT2D eigenvalue weighted by molar-refractivity contribution is 6.42. The minimum atomic E-state index is -0.244. The molecule has 6 heteroatoms. The Morgan fingerprint density at radius 3 is 2.26 bits per heavy atom. The van der Waals surface area contributed by atoms with Gasteiger partial charge in [-0.05, 0) is 53.6 Å². The van der Waals surface area contributed by atoms with Crippen molar-refractivity contribution in [1.29, 1.82) is 0 Å². The molecule has 0 saturated heterocycles. The third-order valence-electron chi connectivity index (χ3n) is 3.96. The van der Waals surface area contributed by atoms with Gasteiger partial charge in [0.2, 0.25) is 0 Å². The molecule has 3 aromatic rings. The van der Waals surface area contributed by atoms with E-state index < -0.39 is 0 Å². The maximum absolute atomic E-state index is 13.0. The predicted molar refractivity (Wildman–Crippen MR) is 109 cm³/mol. The van der Waals surface area contributed by atoms with E-state index in [0.29, 0.717) is 34.8 Å². The van der Waals surface area contributed by atoms with E-state index >= 15 is 0 Å². The molecule has 2 nitrogen and oxygen atoms in total. The van der Waals surface area contributed by atoms with Crippen molar-refractivity contribution in [2.24, 2.45) is 0 Å². The summed E-state index contributed by atoms with van der Waals surface area (Å²) in [6, 6.07) is 17.3. The van der Waals surface area contributed by atoms with Crippen molar-refractivity contribution in [2.75, 3.05) is 0 Å². The quantitative estimate of drug-likeness (QED) is 0.458. The molecule has 0 amide bonds. The van der Waals surface area contributed by atoms with Gasteiger partial charge in [0, 0.05) is 23.7 Å². The molecule has 0 aliphatic carbocycles. The molecule has 0 heterocycles. The summed E-state index contributed by atoms with van der Waals surface area (Å²) in [6.45, 7) is 1.54. The zero-order chi connectivity index (χ0) is 19.2. The summed E-state index contributed by atoms with van der Waals surface area (Å²) in [6.07, 6.45) is 0. The zero-order valence-electron chi connectivity index (χ0n) is 14.3. The summed E-state index contributed by atoms with van der Waals surface area (Å²) in [7, 11) is 0. The van der Waals surface area contributed by atoms with Crippen LogP contribution in [0.2, 0.25) is 15.1 Å². The summed E-state index contributed by atoms with van der Waals surface area (Å²) in [5, 5.41) is 4.96. The molecule has 0 aliphatic heterocycles. The van der Waals surface area contributed by atoms with Crippen LogP contribution >= 0.6 is 34.8 Å². The summed E-state index contributed by atoms with van der Waals surface area (Å²) >= 11 is 18.1. The second-order valence-corrected chi connectivity index (χ2v) is 7.27. The van der Waals surface area contributed by atoms with Crippen LogP contribution in [0, 0.1) is 5.82 Å². The van der Waals surface area contributed by atoms with Crippen LogP contribution < -0.4 is 10.1 Å². The molecule has 140 valence electrons. The maximum atomic E-state index is 13.0. The molecule has 0 aliphatic rings. The van der Waals surface area contributed by atoms with Gasteiger partial charge in [0.1, 0.15) is 18.2 Å². The van der Waals surface area contributed by atoms with Crippen LogP contribution in [0.1, 0.15) is 16.7 Å². The third-order valence-corrected chi connectivity index (χ3v) is 4.93. The molecule has 0 bridgehead atoms. The lowest BCUT2D eigenvalue weighted by Crippen LogP contribution is -2.13. The number of hydrogen-bond donors (Lipinski definition) is 1. The van der Waals surface area contributed by atoms with Gasteiger partial charge < -0.3 is 10.1 Å². The molecule has 0 atom stereocenters. The summed E-state index contributed by atoms with van der Waals surface area (Å²) in [5.41, 5.74) is 2.85. The lowest BCUT2D eigenvalue weighted by atomic mass is 10.1. The highest BCUT2D eigenvalue weighted by Gasteiger charge is 2.07. The van der Waals surface area contributed by atoms with Gasteiger partial charge in [-0.25, -0.2) is 4.39 Å². The van der Waals surface area contributed by atoms with Gasteiger partial charge >= 0.3 is 0 Å². The largest absolute Gasteiger partial charge is 0.489 e. The molecule has 0 radical (unpaired) electrons. The van der Waals surface area contributed by atoms with E-state index in [-0.39, 0.29) is 5.82 Å². The number of nitrogens with one attached hydrogen (secondary N) is 1. The van der Waals surface area contributed by atoms with Gasteiger partial charge in [0.25, 0.3) is 0 Å². The lowest BCUT2D eigenvalue weighted by molar-refractivity contribution is 0.302. The van der Waals surface area contributed by atoms with Crippen molar-refractivity contribution in [2.45, 2.75) is 19.7 Å². The first-order valence-electron chi connectivity index (χ1n) is 8.31. The molecule has 0 aromatic heterocycles. The van der Waals surface area contributed by atoms with E-state index in [9.17, 15) is 4.39 Å². The topological polar surface area (TPSA) is 21.3 Å². The van der Waals surface area contributed by atoms with Gasteiger partial charge in [-0.1, -0.05) is 53.0 Å². The van der Waals surface area contributed by atoms with Crippen molar-refractivity contribution < 1.29 is 9.13 Å². The fraction of sp³-hybridized carbons (Fsp3) is 0.143. The van der Waals surface area contributed by atoms with Gasteiger partial charge in [0.15, 0.2) is 0 Å². The van der Waals surface area contributed by atoms with E-state index in [4.69, 9.17) is 39.5 Å². The minimum Gasteiger partial charge on any atom is -0.489 e. The van der Waals surface area contributed by atoms with E-state index in [0.717, 1.165) is 22.4 Å². The van der Waals surface area contributed by atoms with E-state index in [1.54, 1.807) is 30.3 Å². The molecule has 3 aromatic carbocycles. The van der Waals surface area contributed by atoms with Crippen molar-refractivity contribution in [3.63, 3.8) is 0 Å². The van der Waals surface area contributed by atoms with Crippen molar-refractivity contribution in [3.05, 3.63) is 98.2 Å². The van der Waals surface area contributed by atoms with E-state index in [2.05, 4.69) is 5.32 Å². The summed E-state index contributed by atoms with van der Waals surface area (Å²) in [5.74, 6) is 0.489. The molecule has 0 saturated carbocycles. The van der Waals surface area contributed by atoms with Gasteiger partial charge in [0.05, 0.1) is 10.0 Å². The van der Waals surface area contributed by atoms with Crippen LogP contribution in [-0.4, -0.2) is 0 Å². The maximum Gasteiger partial charge on any atom is 0.124 e. The number of ether oxygens (including phenoxy) is 1. The molecule has 27 heavy (non-hydrogen) atoms. The second-order valence-electron chi connectivity index (χ2n) is 6.02. The minimum absolute atomic E-state index is 0.244. The average molecular weight is 425 g/mol. The molecular formula is C21H17Cl3FNO. The fourth-order valence-electron chi connectivity index (χ4n) is 2.56. The van der Waals surface area contributed by atoms with Crippen LogP contribution in [-0.2, 0) is 19.7 Å². The number of rotatable bonds is 7. The smallest absolute Gasteiger partial charge is 0.124 e. The fourth-order valence-corrected chi connectivity index (χ4v) is 3.08. The second kappa shape index (κ2) is 9.43. The normalized spacial score (nSPS) is 10.8. The Labute approximate surface area is 172 Å². The third kappa shape index (κ3) is 5.85. The van der Waals surface area contributed by atoms with Crippen LogP contribution in [0.4, 0.5) is 4.39 Å². The first kappa shape index (κ1) is 20.0. The molecular weight excluding hydrogens is 408 g/mol. The van der Waals surface area contributed by atoms with Gasteiger partial charge in [-0.15, -0.1) is 0 Å². The van der Waals surface area contributed by atoms with Crippen molar-refractivity contribution in [1.82, 2.24) is 5.32 Å². The van der Waals surface area contributed by atoms with Gasteiger partial charge in [-0.2, -0.15) is 0 Å². The van der Waals surface area contributed by atoms with Crippen LogP contribution in [0.5, 0.6) is 5.75 Å². The van der Waals surface area contributed by atoms with E-state index in [1.807, 2.05) is 18.2 Å². The summed E-state index contributed by atoms with van der Waals surface area (Å²) in [4.78, 5) is 0. The Balaban J connectivity index is 1.63. The highest BCUT2D eigenvalue weighted by atomic mass is 35.5. The highest BCUT2D eigenvalue weighted by Crippen LogP contribution is 2.26. The Morgan fingerprint density at radius 2 is 1.52 bits per heavy atom. The van der Waals surface area contributed by atoms with Gasteiger partial charge in [-0.3, -0.25) is 0 Å². The predicted octanol–water partition coefficient (Wildman–Crippen LogP) is 6.65. The van der Waals surface area contributed by atoms with E-state index in [1.165, 1.54) is 12.1 Å². The molecule has 0 unspecified atom stereocenters. The van der Waals surface area contributed by atoms with Crippen LogP contribution in [0.15, 0.2) is 60.7 Å². The van der Waals surface area contributed by atoms with Crippen molar-refractivity contribution in [3.8, 4) is 5.75 Å². The molecule has 3 rings (SSSR count). The Bertz CT molecular complexity index is 916. The SMILES string of the molecule is Fc1ccc(CNCc2cc(Cl)ccc2OCc2ccc(Cl)c(Cl)c2)cc1. The zero-order valence-corrected chi connectivity index (χ0v) is 16.6. The standard InChI is InChI=1S/C21H17Cl3FNO/c22-17-4-8-21(27-13-15-3-7-19(23)20(24)9-15)16(10-17)12-26-11-14-1-5-18(25)6-2-14/h1-10,26H,11-13H2.